The Hall–Kier alpha value is -4.18. The molecule has 0 bridgehead atoms. The number of carbonyl (C=O) groups excluding carboxylic acids is 2. The highest BCUT2D eigenvalue weighted by molar-refractivity contribution is 6.30. The van der Waals surface area contributed by atoms with E-state index in [2.05, 4.69) is 15.8 Å². The zero-order chi connectivity index (χ0) is 23.8. The molecule has 0 spiro atoms. The van der Waals surface area contributed by atoms with Crippen molar-refractivity contribution in [2.24, 2.45) is 5.10 Å². The van der Waals surface area contributed by atoms with E-state index in [1.807, 2.05) is 0 Å². The van der Waals surface area contributed by atoms with E-state index in [9.17, 15) is 19.7 Å². The maximum Gasteiger partial charge on any atom is 0.269 e. The van der Waals surface area contributed by atoms with Crippen LogP contribution in [0.25, 0.3) is 11.3 Å². The monoisotopic (exact) mass is 470 g/mol. The number of ether oxygens (including phenoxy) is 1. The van der Waals surface area contributed by atoms with E-state index in [0.29, 0.717) is 33.4 Å². The topological polar surface area (TPSA) is 136 Å². The summed E-state index contributed by atoms with van der Waals surface area (Å²) in [5, 5.41) is 17.6. The highest BCUT2D eigenvalue weighted by Gasteiger charge is 2.12. The molecule has 0 saturated carbocycles. The second kappa shape index (κ2) is 10.9. The molecule has 0 aliphatic carbocycles. The molecule has 0 aliphatic heterocycles. The van der Waals surface area contributed by atoms with Crippen LogP contribution in [0.5, 0.6) is 5.75 Å². The molecule has 11 heteroatoms. The van der Waals surface area contributed by atoms with Crippen LogP contribution in [0, 0.1) is 17.0 Å². The molecule has 170 valence electrons. The Morgan fingerprint density at radius 3 is 2.61 bits per heavy atom. The summed E-state index contributed by atoms with van der Waals surface area (Å²) < 4.78 is 10.9. The number of aryl methyl sites for hydroxylation is 1. The molecule has 0 fully saturated rings. The average Bonchev–Trinajstić information content (AvgIpc) is 3.25. The van der Waals surface area contributed by atoms with Crippen molar-refractivity contribution in [1.82, 2.24) is 10.7 Å². The van der Waals surface area contributed by atoms with Crippen molar-refractivity contribution in [3.63, 3.8) is 0 Å². The minimum atomic E-state index is -0.538. The van der Waals surface area contributed by atoms with Crippen LogP contribution in [0.15, 0.2) is 64.1 Å². The van der Waals surface area contributed by atoms with Gasteiger partial charge in [0.2, 0.25) is 0 Å². The predicted molar refractivity (Wildman–Crippen MR) is 121 cm³/mol. The number of carbonyl (C=O) groups is 2. The summed E-state index contributed by atoms with van der Waals surface area (Å²) in [7, 11) is 0. The number of furan rings is 1. The van der Waals surface area contributed by atoms with Gasteiger partial charge in [0.05, 0.1) is 17.7 Å². The molecule has 0 aliphatic rings. The van der Waals surface area contributed by atoms with E-state index in [1.54, 1.807) is 49.4 Å². The third-order valence-electron chi connectivity index (χ3n) is 4.32. The summed E-state index contributed by atoms with van der Waals surface area (Å²) >= 11 is 5.77. The molecule has 10 nitrogen and oxygen atoms in total. The number of hydrogen-bond acceptors (Lipinski definition) is 7. The number of nitrogens with zero attached hydrogens (tertiary/aromatic N) is 2. The second-order valence-corrected chi connectivity index (χ2v) is 7.21. The van der Waals surface area contributed by atoms with Crippen molar-refractivity contribution in [1.29, 1.82) is 0 Å². The Labute approximate surface area is 193 Å². The van der Waals surface area contributed by atoms with Crippen molar-refractivity contribution >= 4 is 35.3 Å². The molecule has 0 unspecified atom stereocenters. The lowest BCUT2D eigenvalue weighted by molar-refractivity contribution is -0.384. The number of rotatable bonds is 9. The Morgan fingerprint density at radius 1 is 1.15 bits per heavy atom. The summed E-state index contributed by atoms with van der Waals surface area (Å²) in [6, 6.07) is 14.3. The molecule has 1 aromatic heterocycles. The molecular weight excluding hydrogens is 452 g/mol. The number of nitrogens with one attached hydrogen (secondary N) is 2. The Morgan fingerprint density at radius 2 is 1.91 bits per heavy atom. The quantitative estimate of drug-likeness (QED) is 0.279. The fourth-order valence-electron chi connectivity index (χ4n) is 2.72. The van der Waals surface area contributed by atoms with E-state index in [-0.39, 0.29) is 18.8 Å². The Bertz CT molecular complexity index is 1190. The van der Waals surface area contributed by atoms with Gasteiger partial charge in [0, 0.05) is 22.7 Å². The standard InChI is InChI=1S/C22H19ClN4O6/c1-14-10-16(27(30)31)4-8-19(14)20-9-7-18(33-20)11-25-26-21(28)12-24-22(29)13-32-17-5-2-15(23)3-6-17/h2-11H,12-13H2,1H3,(H,24,29)(H,26,28)/b25-11-. The highest BCUT2D eigenvalue weighted by Crippen LogP contribution is 2.28. The molecule has 1 heterocycles. The lowest BCUT2D eigenvalue weighted by atomic mass is 10.1. The zero-order valence-electron chi connectivity index (χ0n) is 17.4. The van der Waals surface area contributed by atoms with Crippen LogP contribution in [0.4, 0.5) is 5.69 Å². The average molecular weight is 471 g/mol. The van der Waals surface area contributed by atoms with Crippen LogP contribution in [-0.4, -0.2) is 36.1 Å². The lowest BCUT2D eigenvalue weighted by Gasteiger charge is -2.06. The summed E-state index contributed by atoms with van der Waals surface area (Å²) in [6.45, 7) is 1.20. The van der Waals surface area contributed by atoms with Gasteiger partial charge in [-0.25, -0.2) is 5.43 Å². The van der Waals surface area contributed by atoms with Crippen molar-refractivity contribution in [2.75, 3.05) is 13.2 Å². The van der Waals surface area contributed by atoms with E-state index < -0.39 is 16.7 Å². The van der Waals surface area contributed by atoms with Crippen LogP contribution >= 0.6 is 11.6 Å². The van der Waals surface area contributed by atoms with E-state index in [1.165, 1.54) is 18.3 Å². The van der Waals surface area contributed by atoms with Crippen LogP contribution in [0.1, 0.15) is 11.3 Å². The number of amides is 2. The predicted octanol–water partition coefficient (Wildman–Crippen LogP) is 3.46. The van der Waals surface area contributed by atoms with Crippen molar-refractivity contribution < 1.29 is 23.7 Å². The first-order chi connectivity index (χ1) is 15.8. The van der Waals surface area contributed by atoms with Gasteiger partial charge in [0.1, 0.15) is 17.3 Å². The minimum absolute atomic E-state index is 0.00376. The first kappa shape index (κ1) is 23.5. The SMILES string of the molecule is Cc1cc([N+](=O)[O-])ccc1-c1ccc(/C=N\NC(=O)CNC(=O)COc2ccc(Cl)cc2)o1. The number of non-ortho nitro benzene ring substituents is 1. The summed E-state index contributed by atoms with van der Waals surface area (Å²) in [5.41, 5.74) is 3.66. The summed E-state index contributed by atoms with van der Waals surface area (Å²) in [5.74, 6) is 0.333. The number of benzene rings is 2. The smallest absolute Gasteiger partial charge is 0.269 e. The molecule has 2 amide bonds. The third kappa shape index (κ3) is 6.91. The van der Waals surface area contributed by atoms with Gasteiger partial charge in [-0.2, -0.15) is 5.10 Å². The molecular formula is C22H19ClN4O6. The van der Waals surface area contributed by atoms with Gasteiger partial charge in [-0.1, -0.05) is 11.6 Å². The normalized spacial score (nSPS) is 10.7. The number of hydrazone groups is 1. The Balaban J connectivity index is 1.44. The van der Waals surface area contributed by atoms with Gasteiger partial charge in [0.25, 0.3) is 17.5 Å². The number of nitro groups is 1. The summed E-state index contributed by atoms with van der Waals surface area (Å²) in [4.78, 5) is 34.0. The van der Waals surface area contributed by atoms with E-state index in [4.69, 9.17) is 20.8 Å². The molecule has 0 radical (unpaired) electrons. The minimum Gasteiger partial charge on any atom is -0.484 e. The van der Waals surface area contributed by atoms with Crippen molar-refractivity contribution in [3.05, 3.63) is 81.1 Å². The number of hydrogen-bond donors (Lipinski definition) is 2. The van der Waals surface area contributed by atoms with Gasteiger partial charge >= 0.3 is 0 Å². The van der Waals surface area contributed by atoms with Crippen LogP contribution in [0.3, 0.4) is 0 Å². The molecule has 0 saturated heterocycles. The van der Waals surface area contributed by atoms with Crippen LogP contribution < -0.4 is 15.5 Å². The number of nitro benzene ring substituents is 1. The Kier molecular flexibility index (Phi) is 7.77. The molecule has 33 heavy (non-hydrogen) atoms. The molecule has 2 N–H and O–H groups in total. The van der Waals surface area contributed by atoms with Gasteiger partial charge in [-0.15, -0.1) is 0 Å². The van der Waals surface area contributed by atoms with Gasteiger partial charge in [-0.3, -0.25) is 19.7 Å². The van der Waals surface area contributed by atoms with Crippen molar-refractivity contribution in [3.8, 4) is 17.1 Å². The molecule has 2 aromatic carbocycles. The first-order valence-corrected chi connectivity index (χ1v) is 10.0. The van der Waals surface area contributed by atoms with Crippen LogP contribution in [0.2, 0.25) is 5.02 Å². The zero-order valence-corrected chi connectivity index (χ0v) is 18.2. The van der Waals surface area contributed by atoms with Crippen molar-refractivity contribution in [2.45, 2.75) is 6.92 Å². The largest absolute Gasteiger partial charge is 0.484 e. The van der Waals surface area contributed by atoms with Crippen LogP contribution in [-0.2, 0) is 9.59 Å². The summed E-state index contributed by atoms with van der Waals surface area (Å²) in [6.07, 6.45) is 1.30. The first-order valence-electron chi connectivity index (χ1n) is 9.64. The maximum atomic E-state index is 11.8. The number of halogens is 1. The highest BCUT2D eigenvalue weighted by atomic mass is 35.5. The van der Waals surface area contributed by atoms with E-state index >= 15 is 0 Å². The van der Waals surface area contributed by atoms with Gasteiger partial charge < -0.3 is 14.5 Å². The lowest BCUT2D eigenvalue weighted by Crippen LogP contribution is -2.37. The maximum absolute atomic E-state index is 11.8. The fraction of sp³-hybridized carbons (Fsp3) is 0.136. The van der Waals surface area contributed by atoms with E-state index in [0.717, 1.165) is 0 Å². The fourth-order valence-corrected chi connectivity index (χ4v) is 2.85. The third-order valence-corrected chi connectivity index (χ3v) is 4.58. The molecule has 0 atom stereocenters. The van der Waals surface area contributed by atoms with Gasteiger partial charge in [-0.05, 0) is 55.0 Å². The molecule has 3 aromatic rings. The molecule has 3 rings (SSSR count). The second-order valence-electron chi connectivity index (χ2n) is 6.77. The van der Waals surface area contributed by atoms with Gasteiger partial charge in [0.15, 0.2) is 6.61 Å².